The molecule has 1 atom stereocenters. The van der Waals surface area contributed by atoms with Crippen molar-refractivity contribution in [2.24, 2.45) is 0 Å². The van der Waals surface area contributed by atoms with Crippen LogP contribution in [0.25, 0.3) is 0 Å². The number of benzene rings is 1. The fourth-order valence-electron chi connectivity index (χ4n) is 1.62. The van der Waals surface area contributed by atoms with E-state index in [9.17, 15) is 4.79 Å². The van der Waals surface area contributed by atoms with E-state index in [-0.39, 0.29) is 11.2 Å². The van der Waals surface area contributed by atoms with Gasteiger partial charge in [0, 0.05) is 12.2 Å². The van der Waals surface area contributed by atoms with Gasteiger partial charge in [-0.05, 0) is 42.5 Å². The summed E-state index contributed by atoms with van der Waals surface area (Å²) in [6, 6.07) is 6.71. The molecule has 0 aliphatic heterocycles. The van der Waals surface area contributed by atoms with Crippen LogP contribution >= 0.6 is 23.4 Å². The summed E-state index contributed by atoms with van der Waals surface area (Å²) in [5, 5.41) is 23.4. The van der Waals surface area contributed by atoms with Crippen molar-refractivity contribution in [1.29, 1.82) is 5.26 Å². The van der Waals surface area contributed by atoms with Gasteiger partial charge < -0.3 is 5.32 Å². The molecular formula is C13H13ClN6OS. The largest absolute Gasteiger partial charge is 0.325 e. The molecule has 114 valence electrons. The second-order valence-corrected chi connectivity index (χ2v) is 6.05. The number of nitriles is 1. The van der Waals surface area contributed by atoms with Crippen molar-refractivity contribution in [2.75, 3.05) is 5.32 Å². The SMILES string of the molecule is CCn1nnnc1SC(C)C(=O)Nc1ccc(C#N)c(Cl)c1. The molecule has 2 aromatic rings. The van der Waals surface area contributed by atoms with E-state index in [1.807, 2.05) is 13.0 Å². The number of anilines is 1. The highest BCUT2D eigenvalue weighted by molar-refractivity contribution is 8.00. The number of aromatic nitrogens is 4. The van der Waals surface area contributed by atoms with Gasteiger partial charge in [0.05, 0.1) is 15.8 Å². The molecule has 9 heteroatoms. The zero-order valence-corrected chi connectivity index (χ0v) is 13.5. The Labute approximate surface area is 136 Å². The van der Waals surface area contributed by atoms with Crippen LogP contribution < -0.4 is 5.32 Å². The van der Waals surface area contributed by atoms with Gasteiger partial charge in [-0.2, -0.15) is 5.26 Å². The highest BCUT2D eigenvalue weighted by atomic mass is 35.5. The Bertz CT molecular complexity index is 726. The van der Waals surface area contributed by atoms with Gasteiger partial charge in [0.2, 0.25) is 11.1 Å². The molecule has 1 amide bonds. The van der Waals surface area contributed by atoms with Crippen molar-refractivity contribution in [2.45, 2.75) is 30.8 Å². The third-order valence-electron chi connectivity index (χ3n) is 2.81. The number of aryl methyl sites for hydroxylation is 1. The van der Waals surface area contributed by atoms with Crippen LogP contribution in [0.4, 0.5) is 5.69 Å². The maximum absolute atomic E-state index is 12.2. The summed E-state index contributed by atoms with van der Waals surface area (Å²) >= 11 is 7.21. The molecule has 0 aliphatic carbocycles. The summed E-state index contributed by atoms with van der Waals surface area (Å²) in [4.78, 5) is 12.2. The van der Waals surface area contributed by atoms with E-state index in [1.54, 1.807) is 29.8 Å². The van der Waals surface area contributed by atoms with E-state index in [0.717, 1.165) is 0 Å². The summed E-state index contributed by atoms with van der Waals surface area (Å²) in [6.45, 7) is 4.32. The quantitative estimate of drug-likeness (QED) is 0.842. The molecule has 1 aromatic carbocycles. The van der Waals surface area contributed by atoms with Gasteiger partial charge in [-0.1, -0.05) is 23.4 Å². The fourth-order valence-corrected chi connectivity index (χ4v) is 2.69. The molecule has 0 radical (unpaired) electrons. The minimum atomic E-state index is -0.384. The van der Waals surface area contributed by atoms with Crippen LogP contribution in [0.3, 0.4) is 0 Å². The summed E-state index contributed by atoms with van der Waals surface area (Å²) in [7, 11) is 0. The lowest BCUT2D eigenvalue weighted by Gasteiger charge is -2.11. The molecule has 22 heavy (non-hydrogen) atoms. The van der Waals surface area contributed by atoms with Crippen LogP contribution in [0, 0.1) is 11.3 Å². The Morgan fingerprint density at radius 2 is 2.36 bits per heavy atom. The van der Waals surface area contributed by atoms with Gasteiger partial charge in [-0.15, -0.1) is 5.10 Å². The highest BCUT2D eigenvalue weighted by Gasteiger charge is 2.18. The number of nitrogens with zero attached hydrogens (tertiary/aromatic N) is 5. The van der Waals surface area contributed by atoms with Crippen molar-refractivity contribution < 1.29 is 4.79 Å². The third-order valence-corrected chi connectivity index (χ3v) is 4.19. The average molecular weight is 337 g/mol. The van der Waals surface area contributed by atoms with Gasteiger partial charge in [-0.3, -0.25) is 4.79 Å². The lowest BCUT2D eigenvalue weighted by molar-refractivity contribution is -0.115. The van der Waals surface area contributed by atoms with Crippen molar-refractivity contribution in [3.63, 3.8) is 0 Å². The summed E-state index contributed by atoms with van der Waals surface area (Å²) < 4.78 is 1.62. The van der Waals surface area contributed by atoms with Gasteiger partial charge in [0.25, 0.3) is 0 Å². The Kier molecular flexibility index (Phi) is 5.35. The average Bonchev–Trinajstić information content (AvgIpc) is 2.94. The molecule has 7 nitrogen and oxygen atoms in total. The topological polar surface area (TPSA) is 96.5 Å². The number of carbonyl (C=O) groups is 1. The Morgan fingerprint density at radius 3 is 3.00 bits per heavy atom. The molecule has 0 spiro atoms. The van der Waals surface area contributed by atoms with Crippen molar-refractivity contribution in [3.05, 3.63) is 28.8 Å². The van der Waals surface area contributed by atoms with E-state index in [1.165, 1.54) is 11.8 Å². The monoisotopic (exact) mass is 336 g/mol. The first-order chi connectivity index (χ1) is 10.5. The van der Waals surface area contributed by atoms with Crippen LogP contribution in [-0.4, -0.2) is 31.4 Å². The second-order valence-electron chi connectivity index (χ2n) is 4.33. The van der Waals surface area contributed by atoms with E-state index >= 15 is 0 Å². The Hall–Kier alpha value is -2.11. The number of nitrogens with one attached hydrogen (secondary N) is 1. The first-order valence-corrected chi connectivity index (χ1v) is 7.74. The number of halogens is 1. The number of tetrazole rings is 1. The Balaban J connectivity index is 2.02. The van der Waals surface area contributed by atoms with E-state index in [0.29, 0.717) is 28.0 Å². The number of hydrogen-bond donors (Lipinski definition) is 1. The predicted octanol–water partition coefficient (Wildman–Crippen LogP) is 2.34. The van der Waals surface area contributed by atoms with Gasteiger partial charge in [0.1, 0.15) is 6.07 Å². The number of thioether (sulfide) groups is 1. The summed E-state index contributed by atoms with van der Waals surface area (Å²) in [5.74, 6) is -0.198. The van der Waals surface area contributed by atoms with E-state index in [2.05, 4.69) is 20.8 Å². The lowest BCUT2D eigenvalue weighted by atomic mass is 10.2. The van der Waals surface area contributed by atoms with Crippen molar-refractivity contribution >= 4 is 35.0 Å². The molecule has 1 aromatic heterocycles. The molecule has 0 bridgehead atoms. The standard InChI is InChI=1S/C13H13ClN6OS/c1-3-20-13(17-18-19-20)22-8(2)12(21)16-10-5-4-9(7-15)11(14)6-10/h4-6,8H,3H2,1-2H3,(H,16,21). The fraction of sp³-hybridized carbons (Fsp3) is 0.308. The van der Waals surface area contributed by atoms with E-state index < -0.39 is 0 Å². The first kappa shape index (κ1) is 16.3. The molecule has 0 fully saturated rings. The van der Waals surface area contributed by atoms with Crippen LogP contribution in [0.15, 0.2) is 23.4 Å². The lowest BCUT2D eigenvalue weighted by Crippen LogP contribution is -2.23. The normalized spacial score (nSPS) is 11.7. The summed E-state index contributed by atoms with van der Waals surface area (Å²) in [5.41, 5.74) is 0.903. The second kappa shape index (κ2) is 7.24. The summed E-state index contributed by atoms with van der Waals surface area (Å²) in [6.07, 6.45) is 0. The maximum atomic E-state index is 12.2. The highest BCUT2D eigenvalue weighted by Crippen LogP contribution is 2.23. The van der Waals surface area contributed by atoms with Gasteiger partial charge in [-0.25, -0.2) is 4.68 Å². The minimum absolute atomic E-state index is 0.198. The molecule has 2 rings (SSSR count). The molecule has 0 aliphatic rings. The van der Waals surface area contributed by atoms with Crippen LogP contribution in [0.5, 0.6) is 0 Å². The minimum Gasteiger partial charge on any atom is -0.325 e. The molecule has 1 heterocycles. The number of rotatable bonds is 5. The molecule has 1 unspecified atom stereocenters. The predicted molar refractivity (Wildman–Crippen MR) is 83.6 cm³/mol. The van der Waals surface area contributed by atoms with Crippen LogP contribution in [-0.2, 0) is 11.3 Å². The van der Waals surface area contributed by atoms with Gasteiger partial charge >= 0.3 is 0 Å². The molecular weight excluding hydrogens is 324 g/mol. The van der Waals surface area contributed by atoms with Crippen LogP contribution in [0.1, 0.15) is 19.4 Å². The van der Waals surface area contributed by atoms with Crippen LogP contribution in [0.2, 0.25) is 5.02 Å². The third kappa shape index (κ3) is 3.75. The van der Waals surface area contributed by atoms with Crippen molar-refractivity contribution in [3.8, 4) is 6.07 Å². The Morgan fingerprint density at radius 1 is 1.59 bits per heavy atom. The number of carbonyl (C=O) groups excluding carboxylic acids is 1. The van der Waals surface area contributed by atoms with E-state index in [4.69, 9.17) is 16.9 Å². The molecule has 0 saturated heterocycles. The number of hydrogen-bond acceptors (Lipinski definition) is 6. The van der Waals surface area contributed by atoms with Gasteiger partial charge in [0.15, 0.2) is 0 Å². The molecule has 1 N–H and O–H groups in total. The smallest absolute Gasteiger partial charge is 0.237 e. The first-order valence-electron chi connectivity index (χ1n) is 6.48. The van der Waals surface area contributed by atoms with Crippen molar-refractivity contribution in [1.82, 2.24) is 20.2 Å². The molecule has 0 saturated carbocycles. The number of amides is 1. The zero-order chi connectivity index (χ0) is 16.1. The zero-order valence-electron chi connectivity index (χ0n) is 11.9. The maximum Gasteiger partial charge on any atom is 0.237 e.